The van der Waals surface area contributed by atoms with Crippen LogP contribution in [0.25, 0.3) is 11.0 Å². The SMILES string of the molecule is NCc1oc2ccccc2c1OCC(F)F. The van der Waals surface area contributed by atoms with Gasteiger partial charge in [-0.05, 0) is 12.1 Å². The number of benzene rings is 1. The van der Waals surface area contributed by atoms with E-state index in [0.29, 0.717) is 22.5 Å². The number of para-hydroxylation sites is 1. The van der Waals surface area contributed by atoms with Crippen LogP contribution in [0.15, 0.2) is 28.7 Å². The molecule has 1 aromatic carbocycles. The van der Waals surface area contributed by atoms with Crippen LogP contribution < -0.4 is 10.5 Å². The van der Waals surface area contributed by atoms with Crippen molar-refractivity contribution in [3.8, 4) is 5.75 Å². The number of fused-ring (bicyclic) bond motifs is 1. The lowest BCUT2D eigenvalue weighted by atomic mass is 10.2. The Morgan fingerprint density at radius 2 is 2.06 bits per heavy atom. The minimum Gasteiger partial charge on any atom is -0.483 e. The van der Waals surface area contributed by atoms with E-state index in [1.807, 2.05) is 0 Å². The molecule has 16 heavy (non-hydrogen) atoms. The summed E-state index contributed by atoms with van der Waals surface area (Å²) in [4.78, 5) is 0. The average molecular weight is 227 g/mol. The minimum absolute atomic E-state index is 0.118. The van der Waals surface area contributed by atoms with Crippen LogP contribution in [0.4, 0.5) is 8.78 Å². The van der Waals surface area contributed by atoms with E-state index in [4.69, 9.17) is 14.9 Å². The zero-order valence-electron chi connectivity index (χ0n) is 8.45. The van der Waals surface area contributed by atoms with Gasteiger partial charge in [-0.3, -0.25) is 0 Å². The van der Waals surface area contributed by atoms with E-state index in [-0.39, 0.29) is 6.54 Å². The van der Waals surface area contributed by atoms with Crippen LogP contribution in [0.2, 0.25) is 0 Å². The number of hydrogen-bond donors (Lipinski definition) is 1. The fraction of sp³-hybridized carbons (Fsp3) is 0.273. The third kappa shape index (κ3) is 1.99. The standard InChI is InChI=1S/C11H11F2NO2/c12-10(13)6-15-11-7-3-1-2-4-8(7)16-9(11)5-14/h1-4,10H,5-6,14H2. The van der Waals surface area contributed by atoms with Gasteiger partial charge in [0.05, 0.1) is 11.9 Å². The summed E-state index contributed by atoms with van der Waals surface area (Å²) >= 11 is 0. The van der Waals surface area contributed by atoms with Crippen molar-refractivity contribution in [3.05, 3.63) is 30.0 Å². The number of hydrogen-bond acceptors (Lipinski definition) is 3. The van der Waals surface area contributed by atoms with Crippen molar-refractivity contribution < 1.29 is 17.9 Å². The molecule has 0 spiro atoms. The molecule has 5 heteroatoms. The summed E-state index contributed by atoms with van der Waals surface area (Å²) < 4.78 is 34.6. The molecule has 0 saturated carbocycles. The molecule has 2 aromatic rings. The van der Waals surface area contributed by atoms with Gasteiger partial charge in [0.2, 0.25) is 0 Å². The number of alkyl halides is 2. The third-order valence-corrected chi connectivity index (χ3v) is 2.16. The van der Waals surface area contributed by atoms with Gasteiger partial charge in [0.15, 0.2) is 11.5 Å². The van der Waals surface area contributed by atoms with Crippen molar-refractivity contribution in [1.29, 1.82) is 0 Å². The molecule has 2 rings (SSSR count). The van der Waals surface area contributed by atoms with Gasteiger partial charge in [0, 0.05) is 0 Å². The number of rotatable bonds is 4. The zero-order chi connectivity index (χ0) is 11.5. The summed E-state index contributed by atoms with van der Waals surface area (Å²) in [5.41, 5.74) is 6.05. The van der Waals surface area contributed by atoms with Crippen molar-refractivity contribution in [2.75, 3.05) is 6.61 Å². The van der Waals surface area contributed by atoms with E-state index in [0.717, 1.165) is 0 Å². The quantitative estimate of drug-likeness (QED) is 0.873. The Balaban J connectivity index is 2.39. The van der Waals surface area contributed by atoms with Crippen LogP contribution in [-0.4, -0.2) is 13.0 Å². The molecule has 86 valence electrons. The summed E-state index contributed by atoms with van der Waals surface area (Å²) in [6.07, 6.45) is -2.51. The van der Waals surface area contributed by atoms with Gasteiger partial charge in [-0.15, -0.1) is 0 Å². The van der Waals surface area contributed by atoms with E-state index >= 15 is 0 Å². The molecule has 0 atom stereocenters. The molecular weight excluding hydrogens is 216 g/mol. The van der Waals surface area contributed by atoms with Crippen LogP contribution in [0.1, 0.15) is 5.76 Å². The van der Waals surface area contributed by atoms with Crippen LogP contribution in [0.3, 0.4) is 0 Å². The van der Waals surface area contributed by atoms with Crippen LogP contribution >= 0.6 is 0 Å². The Morgan fingerprint density at radius 1 is 1.31 bits per heavy atom. The molecule has 2 N–H and O–H groups in total. The predicted molar refractivity (Wildman–Crippen MR) is 55.6 cm³/mol. The van der Waals surface area contributed by atoms with Crippen molar-refractivity contribution in [2.24, 2.45) is 5.73 Å². The summed E-state index contributed by atoms with van der Waals surface area (Å²) in [6, 6.07) is 7.07. The second-order valence-electron chi connectivity index (χ2n) is 3.26. The number of halogens is 2. The molecule has 0 aliphatic rings. The topological polar surface area (TPSA) is 48.4 Å². The van der Waals surface area contributed by atoms with Crippen molar-refractivity contribution >= 4 is 11.0 Å². The second kappa shape index (κ2) is 4.49. The largest absolute Gasteiger partial charge is 0.483 e. The lowest BCUT2D eigenvalue weighted by Gasteiger charge is -2.04. The van der Waals surface area contributed by atoms with E-state index in [1.54, 1.807) is 24.3 Å². The highest BCUT2D eigenvalue weighted by molar-refractivity contribution is 5.85. The van der Waals surface area contributed by atoms with Gasteiger partial charge in [-0.1, -0.05) is 12.1 Å². The summed E-state index contributed by atoms with van der Waals surface area (Å²) in [5, 5.41) is 0.670. The molecule has 0 saturated heterocycles. The highest BCUT2D eigenvalue weighted by atomic mass is 19.3. The Kier molecular flexibility index (Phi) is 3.05. The molecule has 1 heterocycles. The Bertz CT molecular complexity index is 482. The van der Waals surface area contributed by atoms with E-state index in [9.17, 15) is 8.78 Å². The first-order valence-electron chi connectivity index (χ1n) is 4.83. The lowest BCUT2D eigenvalue weighted by Crippen LogP contribution is -2.08. The predicted octanol–water partition coefficient (Wildman–Crippen LogP) is 2.54. The van der Waals surface area contributed by atoms with Crippen molar-refractivity contribution in [2.45, 2.75) is 13.0 Å². The Labute approximate surface area is 90.8 Å². The first kappa shape index (κ1) is 10.9. The maximum absolute atomic E-state index is 12.1. The molecule has 0 aliphatic heterocycles. The maximum Gasteiger partial charge on any atom is 0.272 e. The van der Waals surface area contributed by atoms with Gasteiger partial charge >= 0.3 is 0 Å². The number of furan rings is 1. The molecule has 0 bridgehead atoms. The molecule has 0 aliphatic carbocycles. The van der Waals surface area contributed by atoms with E-state index in [2.05, 4.69) is 0 Å². The molecule has 0 unspecified atom stereocenters. The Morgan fingerprint density at radius 3 is 2.75 bits per heavy atom. The van der Waals surface area contributed by atoms with Gasteiger partial charge < -0.3 is 14.9 Å². The van der Waals surface area contributed by atoms with Crippen molar-refractivity contribution in [3.63, 3.8) is 0 Å². The van der Waals surface area contributed by atoms with Crippen molar-refractivity contribution in [1.82, 2.24) is 0 Å². The Hall–Kier alpha value is -1.62. The fourth-order valence-electron chi connectivity index (χ4n) is 1.51. The van der Waals surface area contributed by atoms with Crippen LogP contribution in [-0.2, 0) is 6.54 Å². The maximum atomic E-state index is 12.1. The van der Waals surface area contributed by atoms with Crippen LogP contribution in [0.5, 0.6) is 5.75 Å². The summed E-state index contributed by atoms with van der Waals surface area (Å²) in [7, 11) is 0. The molecule has 1 aromatic heterocycles. The summed E-state index contributed by atoms with van der Waals surface area (Å²) in [6.45, 7) is -0.538. The highest BCUT2D eigenvalue weighted by Crippen LogP contribution is 2.32. The molecule has 0 radical (unpaired) electrons. The van der Waals surface area contributed by atoms with E-state index < -0.39 is 13.0 Å². The summed E-state index contributed by atoms with van der Waals surface area (Å²) in [5.74, 6) is 0.709. The second-order valence-corrected chi connectivity index (χ2v) is 3.26. The number of nitrogens with two attached hydrogens (primary N) is 1. The molecular formula is C11H11F2NO2. The molecule has 0 fully saturated rings. The normalized spacial score (nSPS) is 11.2. The highest BCUT2D eigenvalue weighted by Gasteiger charge is 2.15. The lowest BCUT2D eigenvalue weighted by molar-refractivity contribution is 0.0815. The van der Waals surface area contributed by atoms with E-state index in [1.165, 1.54) is 0 Å². The third-order valence-electron chi connectivity index (χ3n) is 2.16. The first-order chi connectivity index (χ1) is 7.72. The fourth-order valence-corrected chi connectivity index (χ4v) is 1.51. The van der Waals surface area contributed by atoms with Gasteiger partial charge in [-0.2, -0.15) is 0 Å². The van der Waals surface area contributed by atoms with Gasteiger partial charge in [0.25, 0.3) is 6.43 Å². The number of ether oxygens (including phenoxy) is 1. The first-order valence-corrected chi connectivity index (χ1v) is 4.83. The average Bonchev–Trinajstić information content (AvgIpc) is 2.64. The minimum atomic E-state index is -2.51. The zero-order valence-corrected chi connectivity index (χ0v) is 8.45. The van der Waals surface area contributed by atoms with Crippen LogP contribution in [0, 0.1) is 0 Å². The van der Waals surface area contributed by atoms with Gasteiger partial charge in [-0.25, -0.2) is 8.78 Å². The smallest absolute Gasteiger partial charge is 0.272 e. The molecule has 0 amide bonds. The molecule has 3 nitrogen and oxygen atoms in total. The monoisotopic (exact) mass is 227 g/mol. The van der Waals surface area contributed by atoms with Gasteiger partial charge in [0.1, 0.15) is 12.2 Å².